The molecule has 0 aliphatic rings. The van der Waals surface area contributed by atoms with Crippen molar-refractivity contribution >= 4 is 11.8 Å². The molecule has 0 fully saturated rings. The van der Waals surface area contributed by atoms with Crippen molar-refractivity contribution < 1.29 is 4.74 Å². The Kier molecular flexibility index (Phi) is 6.80. The van der Waals surface area contributed by atoms with E-state index in [0.717, 1.165) is 24.3 Å². The Labute approximate surface area is 121 Å². The van der Waals surface area contributed by atoms with E-state index in [9.17, 15) is 0 Å². The molecule has 1 rings (SSSR count). The molecule has 0 radical (unpaired) electrons. The van der Waals surface area contributed by atoms with Gasteiger partial charge < -0.3 is 4.74 Å². The third-order valence-corrected chi connectivity index (χ3v) is 3.98. The molecule has 104 valence electrons. The molecule has 19 heavy (non-hydrogen) atoms. The third-order valence-electron chi connectivity index (χ3n) is 3.41. The van der Waals surface area contributed by atoms with Crippen LogP contribution in [0.15, 0.2) is 12.1 Å². The highest BCUT2D eigenvalue weighted by atomic mass is 32.2. The number of hydrogen-bond acceptors (Lipinski definition) is 3. The first-order valence-corrected chi connectivity index (χ1v) is 7.87. The molecular weight excluding hydrogens is 254 g/mol. The van der Waals surface area contributed by atoms with Crippen molar-refractivity contribution in [3.63, 3.8) is 0 Å². The van der Waals surface area contributed by atoms with Crippen LogP contribution in [0.2, 0.25) is 0 Å². The molecule has 1 aromatic carbocycles. The van der Waals surface area contributed by atoms with Crippen molar-refractivity contribution in [1.29, 1.82) is 5.26 Å². The molecule has 1 atom stereocenters. The number of thioether (sulfide) groups is 1. The van der Waals surface area contributed by atoms with Gasteiger partial charge in [-0.25, -0.2) is 0 Å². The fraction of sp³-hybridized carbons (Fsp3) is 0.562. The highest BCUT2D eigenvalue weighted by Gasteiger charge is 2.15. The molecule has 1 aromatic rings. The minimum Gasteiger partial charge on any atom is -0.494 e. The predicted octanol–water partition coefficient (Wildman–Crippen LogP) is 4.80. The highest BCUT2D eigenvalue weighted by molar-refractivity contribution is 8.03. The molecule has 0 N–H and O–H groups in total. The maximum atomic E-state index is 8.62. The van der Waals surface area contributed by atoms with Gasteiger partial charge in [-0.2, -0.15) is 5.26 Å². The van der Waals surface area contributed by atoms with Crippen LogP contribution in [0.25, 0.3) is 0 Å². The van der Waals surface area contributed by atoms with Crippen LogP contribution >= 0.6 is 11.8 Å². The Morgan fingerprint density at radius 1 is 1.26 bits per heavy atom. The number of ether oxygens (including phenoxy) is 1. The lowest BCUT2D eigenvalue weighted by atomic mass is 9.87. The van der Waals surface area contributed by atoms with Crippen LogP contribution in [0, 0.1) is 24.5 Å². The Balaban J connectivity index is 2.94. The molecule has 0 aliphatic heterocycles. The molecule has 3 heteroatoms. The minimum atomic E-state index is 0.538. The summed E-state index contributed by atoms with van der Waals surface area (Å²) in [7, 11) is 0. The summed E-state index contributed by atoms with van der Waals surface area (Å²) in [6.45, 7) is 9.24. The highest BCUT2D eigenvalue weighted by Crippen LogP contribution is 2.33. The van der Waals surface area contributed by atoms with Crippen LogP contribution in [0.3, 0.4) is 0 Å². The standard InChI is InChI=1S/C16H23NOS/c1-5-14(7-8-19-11-17)16-12(3)9-15(18-6-2)10-13(16)4/h9-10,14H,5-8H2,1-4H3. The second-order valence-corrected chi connectivity index (χ2v) is 5.62. The second kappa shape index (κ2) is 8.12. The minimum absolute atomic E-state index is 0.538. The third kappa shape index (κ3) is 4.47. The Morgan fingerprint density at radius 2 is 1.89 bits per heavy atom. The van der Waals surface area contributed by atoms with Crippen LogP contribution in [0.4, 0.5) is 0 Å². The average Bonchev–Trinajstić information content (AvgIpc) is 2.36. The van der Waals surface area contributed by atoms with E-state index in [0.29, 0.717) is 12.5 Å². The molecule has 0 aromatic heterocycles. The largest absolute Gasteiger partial charge is 0.494 e. The van der Waals surface area contributed by atoms with Crippen molar-refractivity contribution in [2.75, 3.05) is 12.4 Å². The van der Waals surface area contributed by atoms with E-state index in [2.05, 4.69) is 38.3 Å². The zero-order valence-corrected chi connectivity index (χ0v) is 13.1. The van der Waals surface area contributed by atoms with E-state index in [1.807, 2.05) is 6.92 Å². The molecule has 0 saturated heterocycles. The van der Waals surface area contributed by atoms with Crippen molar-refractivity contribution in [2.45, 2.75) is 46.5 Å². The maximum Gasteiger partial charge on any atom is 0.133 e. The lowest BCUT2D eigenvalue weighted by molar-refractivity contribution is 0.339. The van der Waals surface area contributed by atoms with Crippen LogP contribution in [0.1, 0.15) is 49.3 Å². The summed E-state index contributed by atoms with van der Waals surface area (Å²) in [6, 6.07) is 4.26. The zero-order chi connectivity index (χ0) is 14.3. The maximum absolute atomic E-state index is 8.62. The molecule has 0 bridgehead atoms. The zero-order valence-electron chi connectivity index (χ0n) is 12.3. The van der Waals surface area contributed by atoms with Crippen LogP contribution in [0.5, 0.6) is 5.75 Å². The van der Waals surface area contributed by atoms with E-state index in [-0.39, 0.29) is 0 Å². The van der Waals surface area contributed by atoms with Crippen LogP contribution in [-0.2, 0) is 0 Å². The van der Waals surface area contributed by atoms with Gasteiger partial charge in [0.25, 0.3) is 0 Å². The lowest BCUT2D eigenvalue weighted by Crippen LogP contribution is -2.05. The number of nitrogens with zero attached hydrogens (tertiary/aromatic N) is 1. The van der Waals surface area contributed by atoms with E-state index >= 15 is 0 Å². The molecule has 0 saturated carbocycles. The number of benzene rings is 1. The topological polar surface area (TPSA) is 33.0 Å². The van der Waals surface area contributed by atoms with Crippen molar-refractivity contribution in [3.05, 3.63) is 28.8 Å². The Morgan fingerprint density at radius 3 is 2.37 bits per heavy atom. The number of nitriles is 1. The molecule has 0 amide bonds. The van der Waals surface area contributed by atoms with Gasteiger partial charge in [0, 0.05) is 5.75 Å². The van der Waals surface area contributed by atoms with Gasteiger partial charge in [0.1, 0.15) is 11.2 Å². The predicted molar refractivity (Wildman–Crippen MR) is 82.8 cm³/mol. The number of aryl methyl sites for hydroxylation is 2. The quantitative estimate of drug-likeness (QED) is 0.530. The summed E-state index contributed by atoms with van der Waals surface area (Å²) < 4.78 is 5.59. The van der Waals surface area contributed by atoms with E-state index in [1.165, 1.54) is 28.5 Å². The molecule has 0 spiro atoms. The number of hydrogen-bond donors (Lipinski definition) is 0. The SMILES string of the molecule is CCOc1cc(C)c(C(CC)CCSC#N)c(C)c1. The fourth-order valence-electron chi connectivity index (χ4n) is 2.63. The summed E-state index contributed by atoms with van der Waals surface area (Å²) in [4.78, 5) is 0. The molecule has 0 aliphatic carbocycles. The van der Waals surface area contributed by atoms with Crippen molar-refractivity contribution in [1.82, 2.24) is 0 Å². The van der Waals surface area contributed by atoms with Crippen molar-refractivity contribution in [3.8, 4) is 11.2 Å². The van der Waals surface area contributed by atoms with E-state index < -0.39 is 0 Å². The van der Waals surface area contributed by atoms with Crippen LogP contribution < -0.4 is 4.74 Å². The van der Waals surface area contributed by atoms with E-state index in [4.69, 9.17) is 10.00 Å². The first kappa shape index (κ1) is 15.9. The van der Waals surface area contributed by atoms with Gasteiger partial charge in [0.05, 0.1) is 6.61 Å². The average molecular weight is 277 g/mol. The summed E-state index contributed by atoms with van der Waals surface area (Å²) in [6.07, 6.45) is 2.17. The Hall–Kier alpha value is -1.14. The summed E-state index contributed by atoms with van der Waals surface area (Å²) in [5, 5.41) is 10.8. The summed E-state index contributed by atoms with van der Waals surface area (Å²) in [5.41, 5.74) is 4.04. The first-order chi connectivity index (χ1) is 9.13. The monoisotopic (exact) mass is 277 g/mol. The fourth-order valence-corrected chi connectivity index (χ4v) is 3.12. The van der Waals surface area contributed by atoms with Gasteiger partial charge in [-0.15, -0.1) is 0 Å². The second-order valence-electron chi connectivity index (χ2n) is 4.74. The molecule has 2 nitrogen and oxygen atoms in total. The van der Waals surface area contributed by atoms with E-state index in [1.54, 1.807) is 0 Å². The van der Waals surface area contributed by atoms with Gasteiger partial charge in [0.2, 0.25) is 0 Å². The van der Waals surface area contributed by atoms with Gasteiger partial charge in [-0.05, 0) is 80.1 Å². The Bertz CT molecular complexity index is 428. The number of thiocyanates is 1. The smallest absolute Gasteiger partial charge is 0.133 e. The molecule has 1 unspecified atom stereocenters. The lowest BCUT2D eigenvalue weighted by Gasteiger charge is -2.21. The summed E-state index contributed by atoms with van der Waals surface area (Å²) in [5.74, 6) is 2.40. The first-order valence-electron chi connectivity index (χ1n) is 6.88. The van der Waals surface area contributed by atoms with Gasteiger partial charge in [-0.3, -0.25) is 0 Å². The van der Waals surface area contributed by atoms with Crippen molar-refractivity contribution in [2.24, 2.45) is 0 Å². The van der Waals surface area contributed by atoms with Gasteiger partial charge in [-0.1, -0.05) is 6.92 Å². The molecule has 0 heterocycles. The van der Waals surface area contributed by atoms with Gasteiger partial charge in [0.15, 0.2) is 0 Å². The summed E-state index contributed by atoms with van der Waals surface area (Å²) >= 11 is 1.35. The molecular formula is C16H23NOS. The normalized spacial score (nSPS) is 11.9. The van der Waals surface area contributed by atoms with Gasteiger partial charge >= 0.3 is 0 Å². The number of rotatable bonds is 7. The van der Waals surface area contributed by atoms with Crippen LogP contribution in [-0.4, -0.2) is 12.4 Å².